The smallest absolute Gasteiger partial charge is 0.135 e. The molecule has 1 spiro atoms. The van der Waals surface area contributed by atoms with Crippen molar-refractivity contribution in [1.82, 2.24) is 0 Å². The lowest BCUT2D eigenvalue weighted by Gasteiger charge is -2.39. The Morgan fingerprint density at radius 2 is 1.11 bits per heavy atom. The van der Waals surface area contributed by atoms with Gasteiger partial charge in [-0.25, -0.2) is 0 Å². The van der Waals surface area contributed by atoms with E-state index in [1.54, 1.807) is 0 Å². The summed E-state index contributed by atoms with van der Waals surface area (Å²) in [6.45, 7) is 0. The van der Waals surface area contributed by atoms with Crippen LogP contribution in [0.15, 0.2) is 160 Å². The molecule has 206 valence electrons. The van der Waals surface area contributed by atoms with Gasteiger partial charge in [-0.05, 0) is 92.7 Å². The number of para-hydroxylation sites is 1. The minimum Gasteiger partial charge on any atom is -0.456 e. The van der Waals surface area contributed by atoms with Gasteiger partial charge in [-0.2, -0.15) is 0 Å². The van der Waals surface area contributed by atoms with E-state index in [1.807, 2.05) is 23.9 Å². The molecule has 2 heterocycles. The largest absolute Gasteiger partial charge is 0.456 e. The molecule has 10 rings (SSSR count). The highest BCUT2D eigenvalue weighted by Gasteiger charge is 2.50. The monoisotopic (exact) mass is 579 g/mol. The molecule has 2 aliphatic rings. The third kappa shape index (κ3) is 3.17. The fourth-order valence-electron chi connectivity index (χ4n) is 7.72. The van der Waals surface area contributed by atoms with Crippen LogP contribution in [0.2, 0.25) is 0 Å². The Bertz CT molecular complexity index is 2430. The second kappa shape index (κ2) is 8.89. The predicted octanol–water partition coefficient (Wildman–Crippen LogP) is 11.3. The van der Waals surface area contributed by atoms with Crippen molar-refractivity contribution in [3.63, 3.8) is 0 Å². The molecule has 0 atom stereocenters. The minimum atomic E-state index is -0.389. The van der Waals surface area contributed by atoms with Gasteiger partial charge in [0.2, 0.25) is 0 Å². The highest BCUT2D eigenvalue weighted by atomic mass is 32.2. The summed E-state index contributed by atoms with van der Waals surface area (Å²) in [7, 11) is 0. The van der Waals surface area contributed by atoms with E-state index in [0.717, 1.165) is 33.3 Å². The summed E-state index contributed by atoms with van der Waals surface area (Å²) >= 11 is 1.88. The summed E-state index contributed by atoms with van der Waals surface area (Å²) in [6.07, 6.45) is 0. The molecule has 0 fully saturated rings. The summed E-state index contributed by atoms with van der Waals surface area (Å²) in [4.78, 5) is 2.64. The van der Waals surface area contributed by atoms with Gasteiger partial charge in [-0.3, -0.25) is 0 Å². The molecule has 0 unspecified atom stereocenters. The summed E-state index contributed by atoms with van der Waals surface area (Å²) in [5.41, 5.74) is 11.6. The van der Waals surface area contributed by atoms with Gasteiger partial charge >= 0.3 is 0 Å². The fraction of sp³-hybridized carbons (Fsp3) is 0.0244. The first-order valence-corrected chi connectivity index (χ1v) is 15.8. The van der Waals surface area contributed by atoms with Gasteiger partial charge in [0.15, 0.2) is 0 Å². The van der Waals surface area contributed by atoms with Crippen molar-refractivity contribution >= 4 is 55.8 Å². The van der Waals surface area contributed by atoms with Crippen LogP contribution >= 0.6 is 11.8 Å². The second-order valence-corrected chi connectivity index (χ2v) is 12.8. The quantitative estimate of drug-likeness (QED) is 0.220. The van der Waals surface area contributed by atoms with E-state index in [-0.39, 0.29) is 5.41 Å². The number of rotatable bonds is 2. The maximum Gasteiger partial charge on any atom is 0.135 e. The van der Waals surface area contributed by atoms with Crippen LogP contribution in [-0.2, 0) is 5.41 Å². The third-order valence-corrected chi connectivity index (χ3v) is 10.6. The van der Waals surface area contributed by atoms with E-state index < -0.39 is 0 Å². The van der Waals surface area contributed by atoms with Crippen molar-refractivity contribution in [2.45, 2.75) is 15.2 Å². The lowest BCUT2D eigenvalue weighted by Crippen LogP contribution is -2.31. The Hall–Kier alpha value is -5.25. The van der Waals surface area contributed by atoms with Gasteiger partial charge in [-0.1, -0.05) is 109 Å². The first kappa shape index (κ1) is 24.2. The number of furan rings is 1. The maximum atomic E-state index is 6.09. The summed E-state index contributed by atoms with van der Waals surface area (Å²) < 4.78 is 6.09. The Labute approximate surface area is 259 Å². The van der Waals surface area contributed by atoms with Crippen LogP contribution in [0.4, 0.5) is 11.4 Å². The van der Waals surface area contributed by atoms with Gasteiger partial charge in [0.1, 0.15) is 11.2 Å². The number of nitrogens with one attached hydrogen (secondary N) is 1. The van der Waals surface area contributed by atoms with Crippen LogP contribution in [0.25, 0.3) is 43.8 Å². The van der Waals surface area contributed by atoms with Crippen LogP contribution in [0.1, 0.15) is 22.3 Å². The average Bonchev–Trinajstić information content (AvgIpc) is 3.58. The van der Waals surface area contributed by atoms with E-state index in [0.29, 0.717) is 0 Å². The van der Waals surface area contributed by atoms with Crippen LogP contribution in [-0.4, -0.2) is 0 Å². The molecule has 3 heteroatoms. The van der Waals surface area contributed by atoms with Gasteiger partial charge < -0.3 is 9.73 Å². The SMILES string of the molecule is c1ccc2c(c1)Sc1ccccc1C21c2ccc(Nc3ccc4oc5ccccc5c4c3)cc2-c2c1ccc1ccccc21. The van der Waals surface area contributed by atoms with Gasteiger partial charge in [0.25, 0.3) is 0 Å². The van der Waals surface area contributed by atoms with Crippen LogP contribution in [0.3, 0.4) is 0 Å². The Balaban J connectivity index is 1.23. The van der Waals surface area contributed by atoms with Crippen molar-refractivity contribution in [3.8, 4) is 11.1 Å². The zero-order valence-corrected chi connectivity index (χ0v) is 24.5. The molecule has 0 amide bonds. The number of anilines is 2. The molecule has 1 N–H and O–H groups in total. The first-order valence-electron chi connectivity index (χ1n) is 15.0. The standard InChI is InChI=1S/C41H25NOS/c1-2-10-28-25(9-1)17-20-35-40(28)31-24-26(42-27-19-22-37-30(23-27)29-11-3-6-14-36(29)43-37)18-21-32(31)41(35)33-12-4-7-15-38(33)44-39-16-8-5-13-34(39)41/h1-24,42H. The van der Waals surface area contributed by atoms with Crippen molar-refractivity contribution < 1.29 is 4.42 Å². The lowest BCUT2D eigenvalue weighted by atomic mass is 9.67. The fourth-order valence-corrected chi connectivity index (χ4v) is 8.91. The Morgan fingerprint density at radius 3 is 1.95 bits per heavy atom. The molecule has 2 nitrogen and oxygen atoms in total. The Morgan fingerprint density at radius 1 is 0.477 bits per heavy atom. The highest BCUT2D eigenvalue weighted by molar-refractivity contribution is 7.99. The number of hydrogen-bond donors (Lipinski definition) is 1. The van der Waals surface area contributed by atoms with E-state index in [9.17, 15) is 0 Å². The summed E-state index contributed by atoms with van der Waals surface area (Å²) in [5, 5.41) is 8.55. The van der Waals surface area contributed by atoms with E-state index in [2.05, 4.69) is 139 Å². The molecule has 1 aliphatic carbocycles. The second-order valence-electron chi connectivity index (χ2n) is 11.7. The van der Waals surface area contributed by atoms with Crippen LogP contribution in [0, 0.1) is 0 Å². The molecule has 8 aromatic rings. The molecule has 0 bridgehead atoms. The molecule has 0 saturated heterocycles. The molecule has 1 aliphatic heterocycles. The van der Waals surface area contributed by atoms with Crippen molar-refractivity contribution in [2.24, 2.45) is 0 Å². The van der Waals surface area contributed by atoms with E-state index in [1.165, 1.54) is 53.9 Å². The normalized spacial score (nSPS) is 14.0. The number of fused-ring (bicyclic) bond motifs is 14. The number of hydrogen-bond acceptors (Lipinski definition) is 3. The molecular weight excluding hydrogens is 555 g/mol. The predicted molar refractivity (Wildman–Crippen MR) is 182 cm³/mol. The van der Waals surface area contributed by atoms with Gasteiger partial charge in [0, 0.05) is 31.9 Å². The minimum absolute atomic E-state index is 0.389. The van der Waals surface area contributed by atoms with Crippen molar-refractivity contribution in [3.05, 3.63) is 168 Å². The zero-order valence-electron chi connectivity index (χ0n) is 23.7. The first-order chi connectivity index (χ1) is 21.8. The van der Waals surface area contributed by atoms with Gasteiger partial charge in [-0.15, -0.1) is 0 Å². The molecular formula is C41H25NOS. The van der Waals surface area contributed by atoms with Crippen LogP contribution in [0.5, 0.6) is 0 Å². The average molecular weight is 580 g/mol. The molecule has 1 aromatic heterocycles. The van der Waals surface area contributed by atoms with Crippen molar-refractivity contribution in [1.29, 1.82) is 0 Å². The number of benzene rings is 7. The third-order valence-electron chi connectivity index (χ3n) is 9.49. The molecule has 44 heavy (non-hydrogen) atoms. The van der Waals surface area contributed by atoms with Crippen LogP contribution < -0.4 is 5.32 Å². The summed E-state index contributed by atoms with van der Waals surface area (Å²) in [6, 6.07) is 53.0. The topological polar surface area (TPSA) is 25.2 Å². The van der Waals surface area contributed by atoms with Crippen molar-refractivity contribution in [2.75, 3.05) is 5.32 Å². The lowest BCUT2D eigenvalue weighted by molar-refractivity contribution is 0.669. The molecule has 7 aromatic carbocycles. The summed E-state index contributed by atoms with van der Waals surface area (Å²) in [5.74, 6) is 0. The van der Waals surface area contributed by atoms with E-state index in [4.69, 9.17) is 4.42 Å². The molecule has 0 saturated carbocycles. The highest BCUT2D eigenvalue weighted by Crippen LogP contribution is 2.63. The maximum absolute atomic E-state index is 6.09. The van der Waals surface area contributed by atoms with E-state index >= 15 is 0 Å². The Kier molecular flexibility index (Phi) is 4.89. The van der Waals surface area contributed by atoms with Gasteiger partial charge in [0.05, 0.1) is 5.41 Å². The zero-order chi connectivity index (χ0) is 28.8. The molecule has 0 radical (unpaired) electrons.